The third-order valence-electron chi connectivity index (χ3n) is 5.90. The lowest BCUT2D eigenvalue weighted by Crippen LogP contribution is -2.23. The minimum atomic E-state index is -2.83. The molecule has 31 heavy (non-hydrogen) atoms. The minimum absolute atomic E-state index is 0.0618. The molecule has 2 aromatic rings. The van der Waals surface area contributed by atoms with Crippen LogP contribution in [0.25, 0.3) is 0 Å². The summed E-state index contributed by atoms with van der Waals surface area (Å²) < 4.78 is 41.0. The number of benzene rings is 2. The molecule has 2 aromatic carbocycles. The van der Waals surface area contributed by atoms with E-state index in [0.717, 1.165) is 74.1 Å². The molecule has 0 amide bonds. The van der Waals surface area contributed by atoms with Crippen molar-refractivity contribution in [1.82, 2.24) is 0 Å². The molecule has 7 heteroatoms. The van der Waals surface area contributed by atoms with Crippen LogP contribution in [-0.4, -0.2) is 31.5 Å². The quantitative estimate of drug-likeness (QED) is 0.561. The molecule has 2 heterocycles. The van der Waals surface area contributed by atoms with Crippen LogP contribution in [0.1, 0.15) is 42.9 Å². The fourth-order valence-electron chi connectivity index (χ4n) is 4.06. The highest BCUT2D eigenvalue weighted by Gasteiger charge is 2.27. The Balaban J connectivity index is 1.46. The van der Waals surface area contributed by atoms with Crippen molar-refractivity contribution >= 4 is 17.6 Å². The number of aliphatic hydroxyl groups is 1. The SMILES string of the molecule is CC(F)(F)c1ccc2c(c1)CCCN2Sc1ccc(OCC2CCOCC2)c(CO)c1. The number of halogens is 2. The third kappa shape index (κ3) is 5.51. The Kier molecular flexibility index (Phi) is 7.04. The summed E-state index contributed by atoms with van der Waals surface area (Å²) >= 11 is 1.57. The molecule has 0 saturated carbocycles. The van der Waals surface area contributed by atoms with Gasteiger partial charge in [0, 0.05) is 42.7 Å². The van der Waals surface area contributed by atoms with E-state index in [2.05, 4.69) is 4.31 Å². The standard InChI is InChI=1S/C24H29F2NO3S/c1-24(25,26)20-4-6-22-18(13-20)3-2-10-27(22)31-21-5-7-23(19(14-21)15-28)30-16-17-8-11-29-12-9-17/h4-7,13-14,17,28H,2-3,8-12,15-16H2,1H3. The predicted molar refractivity (Wildman–Crippen MR) is 119 cm³/mol. The average molecular weight is 450 g/mol. The molecule has 4 nitrogen and oxygen atoms in total. The van der Waals surface area contributed by atoms with Crippen molar-refractivity contribution in [2.75, 3.05) is 30.7 Å². The highest BCUT2D eigenvalue weighted by atomic mass is 32.2. The van der Waals surface area contributed by atoms with Crippen LogP contribution in [0.5, 0.6) is 5.75 Å². The van der Waals surface area contributed by atoms with E-state index < -0.39 is 5.92 Å². The number of aryl methyl sites for hydroxylation is 1. The summed E-state index contributed by atoms with van der Waals surface area (Å²) in [6.45, 7) is 3.88. The normalized spacial score (nSPS) is 17.5. The number of nitrogens with zero attached hydrogens (tertiary/aromatic N) is 1. The van der Waals surface area contributed by atoms with Crippen LogP contribution >= 0.6 is 11.9 Å². The van der Waals surface area contributed by atoms with Gasteiger partial charge in [0.05, 0.1) is 18.9 Å². The highest BCUT2D eigenvalue weighted by Crippen LogP contribution is 2.39. The molecular weight excluding hydrogens is 420 g/mol. The van der Waals surface area contributed by atoms with Crippen molar-refractivity contribution in [3.05, 3.63) is 53.1 Å². The maximum atomic E-state index is 13.7. The molecule has 2 aliphatic heterocycles. The Morgan fingerprint density at radius 1 is 1.19 bits per heavy atom. The summed E-state index contributed by atoms with van der Waals surface area (Å²) in [7, 11) is 0. The predicted octanol–water partition coefficient (Wildman–Crippen LogP) is 5.56. The third-order valence-corrected chi connectivity index (χ3v) is 6.96. The number of alkyl halides is 2. The number of anilines is 1. The second-order valence-corrected chi connectivity index (χ2v) is 9.42. The summed E-state index contributed by atoms with van der Waals surface area (Å²) in [4.78, 5) is 0.986. The molecule has 0 atom stereocenters. The topological polar surface area (TPSA) is 41.9 Å². The summed E-state index contributed by atoms with van der Waals surface area (Å²) in [5.74, 6) is -1.63. The maximum Gasteiger partial charge on any atom is 0.270 e. The number of hydrogen-bond acceptors (Lipinski definition) is 5. The van der Waals surface area contributed by atoms with E-state index in [1.54, 1.807) is 24.1 Å². The van der Waals surface area contributed by atoms with Crippen molar-refractivity contribution in [3.63, 3.8) is 0 Å². The van der Waals surface area contributed by atoms with Gasteiger partial charge in [-0.1, -0.05) is 6.07 Å². The van der Waals surface area contributed by atoms with Crippen LogP contribution < -0.4 is 9.04 Å². The first-order valence-corrected chi connectivity index (χ1v) is 11.6. The van der Waals surface area contributed by atoms with E-state index in [-0.39, 0.29) is 12.2 Å². The number of hydrogen-bond donors (Lipinski definition) is 1. The lowest BCUT2D eigenvalue weighted by molar-refractivity contribution is 0.0174. The number of fused-ring (bicyclic) bond motifs is 1. The molecule has 0 aromatic heterocycles. The van der Waals surface area contributed by atoms with Crippen LogP contribution in [0, 0.1) is 5.92 Å². The summed E-state index contributed by atoms with van der Waals surface area (Å²) in [6, 6.07) is 10.8. The zero-order chi connectivity index (χ0) is 21.8. The van der Waals surface area contributed by atoms with Gasteiger partial charge in [-0.3, -0.25) is 0 Å². The zero-order valence-corrected chi connectivity index (χ0v) is 18.6. The van der Waals surface area contributed by atoms with Crippen molar-refractivity contribution in [2.24, 2.45) is 5.92 Å². The lowest BCUT2D eigenvalue weighted by atomic mass is 9.98. The van der Waals surface area contributed by atoms with Gasteiger partial charge in [0.2, 0.25) is 0 Å². The van der Waals surface area contributed by atoms with Crippen LogP contribution in [0.4, 0.5) is 14.5 Å². The number of rotatable bonds is 7. The molecular formula is C24H29F2NO3S. The molecule has 0 bridgehead atoms. The van der Waals surface area contributed by atoms with Gasteiger partial charge in [-0.05, 0) is 79.4 Å². The zero-order valence-electron chi connectivity index (χ0n) is 17.8. The van der Waals surface area contributed by atoms with Crippen LogP contribution in [0.2, 0.25) is 0 Å². The smallest absolute Gasteiger partial charge is 0.270 e. The van der Waals surface area contributed by atoms with Crippen molar-refractivity contribution in [1.29, 1.82) is 0 Å². The Labute approximate surface area is 186 Å². The van der Waals surface area contributed by atoms with Crippen molar-refractivity contribution < 1.29 is 23.4 Å². The Hall–Kier alpha value is -1.83. The molecule has 0 unspecified atom stereocenters. The fourth-order valence-corrected chi connectivity index (χ4v) is 5.13. The fraction of sp³-hybridized carbons (Fsp3) is 0.500. The van der Waals surface area contributed by atoms with Gasteiger partial charge in [0.1, 0.15) is 5.75 Å². The van der Waals surface area contributed by atoms with E-state index in [9.17, 15) is 13.9 Å². The van der Waals surface area contributed by atoms with E-state index in [0.29, 0.717) is 18.3 Å². The largest absolute Gasteiger partial charge is 0.493 e. The molecule has 168 valence electrons. The van der Waals surface area contributed by atoms with Crippen molar-refractivity contribution in [2.45, 2.75) is 50.0 Å². The van der Waals surface area contributed by atoms with Gasteiger partial charge in [-0.15, -0.1) is 0 Å². The van der Waals surface area contributed by atoms with Gasteiger partial charge in [-0.25, -0.2) is 8.78 Å². The van der Waals surface area contributed by atoms with Gasteiger partial charge >= 0.3 is 0 Å². The first-order chi connectivity index (χ1) is 14.9. The molecule has 1 N–H and O–H groups in total. The van der Waals surface area contributed by atoms with Crippen LogP contribution in [-0.2, 0) is 23.7 Å². The van der Waals surface area contributed by atoms with E-state index in [4.69, 9.17) is 9.47 Å². The molecule has 0 radical (unpaired) electrons. The molecule has 1 saturated heterocycles. The van der Waals surface area contributed by atoms with Crippen LogP contribution in [0.15, 0.2) is 41.3 Å². The van der Waals surface area contributed by atoms with Crippen molar-refractivity contribution in [3.8, 4) is 5.75 Å². The van der Waals surface area contributed by atoms with E-state index >= 15 is 0 Å². The Morgan fingerprint density at radius 3 is 2.74 bits per heavy atom. The first-order valence-electron chi connectivity index (χ1n) is 10.8. The highest BCUT2D eigenvalue weighted by molar-refractivity contribution is 8.00. The average Bonchev–Trinajstić information content (AvgIpc) is 2.78. The van der Waals surface area contributed by atoms with Crippen LogP contribution in [0.3, 0.4) is 0 Å². The molecule has 0 aliphatic carbocycles. The van der Waals surface area contributed by atoms with Gasteiger partial charge in [0.15, 0.2) is 0 Å². The van der Waals surface area contributed by atoms with Gasteiger partial charge in [0.25, 0.3) is 5.92 Å². The van der Waals surface area contributed by atoms with E-state index in [1.165, 1.54) is 6.07 Å². The summed E-state index contributed by atoms with van der Waals surface area (Å²) in [6.07, 6.45) is 3.72. The minimum Gasteiger partial charge on any atom is -0.493 e. The molecule has 1 fully saturated rings. The molecule has 2 aliphatic rings. The van der Waals surface area contributed by atoms with Gasteiger partial charge < -0.3 is 18.9 Å². The van der Waals surface area contributed by atoms with E-state index in [1.807, 2.05) is 18.2 Å². The summed E-state index contributed by atoms with van der Waals surface area (Å²) in [5.41, 5.74) is 2.76. The Bertz CT molecular complexity index is 897. The number of aliphatic hydroxyl groups excluding tert-OH is 1. The second-order valence-electron chi connectivity index (χ2n) is 8.32. The Morgan fingerprint density at radius 2 is 2.00 bits per heavy atom. The molecule has 4 rings (SSSR count). The monoisotopic (exact) mass is 449 g/mol. The number of ether oxygens (including phenoxy) is 2. The summed E-state index contributed by atoms with van der Waals surface area (Å²) in [5, 5.41) is 9.86. The van der Waals surface area contributed by atoms with Gasteiger partial charge in [-0.2, -0.15) is 0 Å². The second kappa shape index (κ2) is 9.76. The lowest BCUT2D eigenvalue weighted by Gasteiger charge is -2.31. The molecule has 0 spiro atoms. The maximum absolute atomic E-state index is 13.7. The first kappa shape index (κ1) is 22.4.